The van der Waals surface area contributed by atoms with E-state index in [1.165, 1.54) is 27.2 Å². The number of anilines is 1. The summed E-state index contributed by atoms with van der Waals surface area (Å²) < 4.78 is 24.0. The summed E-state index contributed by atoms with van der Waals surface area (Å²) in [7, 11) is 1.47. The number of hydrogen-bond donors (Lipinski definition) is 5. The molecule has 2 aromatic carbocycles. The molecule has 4 aliphatic rings. The highest BCUT2D eigenvalue weighted by Crippen LogP contribution is 2.50. The van der Waals surface area contributed by atoms with Crippen molar-refractivity contribution in [1.82, 2.24) is 4.90 Å². The lowest BCUT2D eigenvalue weighted by Crippen LogP contribution is -2.46. The fourth-order valence-corrected chi connectivity index (χ4v) is 9.04. The molecule has 6 rings (SSSR count). The maximum absolute atomic E-state index is 14.7. The Morgan fingerprint density at radius 1 is 0.967 bits per heavy atom. The molecular weight excluding hydrogens is 773 g/mol. The Kier molecular flexibility index (Phi) is 12.9. The number of aromatic hydroxyl groups is 2. The second-order valence-electron chi connectivity index (χ2n) is 17.1. The Balaban J connectivity index is 1.54. The minimum Gasteiger partial charge on any atom is -0.507 e. The lowest BCUT2D eigenvalue weighted by Gasteiger charge is -2.38. The van der Waals surface area contributed by atoms with Gasteiger partial charge in [0.2, 0.25) is 0 Å². The van der Waals surface area contributed by atoms with Gasteiger partial charge in [0, 0.05) is 87.1 Å². The predicted octanol–water partition coefficient (Wildman–Crippen LogP) is 4.50. The number of likely N-dealkylation sites (tertiary alicyclic amines) is 1. The number of ketones is 1. The van der Waals surface area contributed by atoms with Gasteiger partial charge in [-0.15, -0.1) is 0 Å². The number of benzene rings is 2. The molecule has 0 saturated carbocycles. The summed E-state index contributed by atoms with van der Waals surface area (Å²) in [5, 5.41) is 50.1. The van der Waals surface area contributed by atoms with Gasteiger partial charge in [0.1, 0.15) is 28.6 Å². The Morgan fingerprint density at radius 2 is 1.63 bits per heavy atom. The number of nitrogens with one attached hydrogen (secondary N) is 1. The zero-order chi connectivity index (χ0) is 44.0. The van der Waals surface area contributed by atoms with E-state index in [-0.39, 0.29) is 55.4 Å². The molecule has 0 radical (unpaired) electrons. The molecule has 5 N–H and O–H groups in total. The number of amides is 1. The molecule has 1 saturated heterocycles. The number of allylic oxidation sites excluding steroid dienone is 2. The number of carbonyl (C=O) groups is 3. The molecule has 0 aromatic heterocycles. The van der Waals surface area contributed by atoms with E-state index in [0.29, 0.717) is 25.9 Å². The van der Waals surface area contributed by atoms with Crippen LogP contribution in [0.25, 0.3) is 10.8 Å². The van der Waals surface area contributed by atoms with Gasteiger partial charge >= 0.3 is 11.8 Å². The molecule has 1 fully saturated rings. The minimum atomic E-state index is -1.95. The van der Waals surface area contributed by atoms with E-state index >= 15 is 0 Å². The monoisotopic (exact) mass is 832 g/mol. The molecule has 0 aliphatic carbocycles. The molecule has 60 heavy (non-hydrogen) atoms. The van der Waals surface area contributed by atoms with Crippen LogP contribution in [0.2, 0.25) is 0 Å². The summed E-state index contributed by atoms with van der Waals surface area (Å²) in [5.41, 5.74) is -0.557. The van der Waals surface area contributed by atoms with Crippen molar-refractivity contribution in [3.63, 3.8) is 0 Å². The zero-order valence-electron chi connectivity index (χ0n) is 36.2. The Hall–Kier alpha value is -4.83. The molecule has 15 nitrogen and oxygen atoms in total. The van der Waals surface area contributed by atoms with Crippen molar-refractivity contribution in [2.75, 3.05) is 32.1 Å². The van der Waals surface area contributed by atoms with Crippen LogP contribution < -0.4 is 20.8 Å². The molecule has 4 bridgehead atoms. The van der Waals surface area contributed by atoms with Crippen molar-refractivity contribution >= 4 is 34.1 Å². The van der Waals surface area contributed by atoms with Crippen LogP contribution in [-0.2, 0) is 23.8 Å². The van der Waals surface area contributed by atoms with Gasteiger partial charge in [-0.3, -0.25) is 24.4 Å². The second-order valence-corrected chi connectivity index (χ2v) is 17.1. The maximum Gasteiger partial charge on any atom is 0.312 e. The Morgan fingerprint density at radius 3 is 2.27 bits per heavy atom. The van der Waals surface area contributed by atoms with Crippen molar-refractivity contribution in [3.8, 4) is 17.2 Å². The summed E-state index contributed by atoms with van der Waals surface area (Å²) in [6.07, 6.45) is 6.04. The first kappa shape index (κ1) is 44.7. The predicted molar refractivity (Wildman–Crippen MR) is 223 cm³/mol. The van der Waals surface area contributed by atoms with Crippen molar-refractivity contribution in [3.05, 3.63) is 58.0 Å². The van der Waals surface area contributed by atoms with E-state index in [1.807, 2.05) is 0 Å². The third kappa shape index (κ3) is 8.04. The molecule has 2 aromatic rings. The highest BCUT2D eigenvalue weighted by molar-refractivity contribution is 6.19. The van der Waals surface area contributed by atoms with Crippen LogP contribution in [0, 0.1) is 30.6 Å². The summed E-state index contributed by atoms with van der Waals surface area (Å²) >= 11 is 0. The van der Waals surface area contributed by atoms with Gasteiger partial charge < -0.3 is 49.6 Å². The highest BCUT2D eigenvalue weighted by atomic mass is 16.7. The highest BCUT2D eigenvalue weighted by Gasteiger charge is 2.50. The number of phenols is 2. The first-order chi connectivity index (χ1) is 28.3. The van der Waals surface area contributed by atoms with Crippen LogP contribution in [0.15, 0.2) is 46.1 Å². The Bertz CT molecular complexity index is 2260. The third-order valence-corrected chi connectivity index (χ3v) is 12.8. The number of phenolic OH excluding ortho intramolecular Hbond substituents is 2. The van der Waals surface area contributed by atoms with Gasteiger partial charge in [0.15, 0.2) is 11.4 Å². The first-order valence-electron chi connectivity index (χ1n) is 20.9. The van der Waals surface area contributed by atoms with E-state index in [1.54, 1.807) is 65.8 Å². The average Bonchev–Trinajstić information content (AvgIpc) is 3.71. The largest absolute Gasteiger partial charge is 0.507 e. The summed E-state index contributed by atoms with van der Waals surface area (Å²) in [6.45, 7) is 17.3. The van der Waals surface area contributed by atoms with Gasteiger partial charge in [0.05, 0.1) is 40.9 Å². The van der Waals surface area contributed by atoms with Gasteiger partial charge in [-0.2, -0.15) is 0 Å². The summed E-state index contributed by atoms with van der Waals surface area (Å²) in [6, 6.07) is 0. The molecule has 4 heterocycles. The topological polar surface area (TPSA) is 209 Å². The number of hydrogen-bond acceptors (Lipinski definition) is 14. The fourth-order valence-electron chi connectivity index (χ4n) is 9.04. The molecule has 1 amide bonds. The van der Waals surface area contributed by atoms with E-state index < -0.39 is 82.9 Å². The number of nitrogens with zero attached hydrogens (tertiary/aromatic N) is 3. The van der Waals surface area contributed by atoms with Crippen molar-refractivity contribution in [2.45, 2.75) is 117 Å². The molecular formula is C45H60N4O11. The standard InChI is InChI=1S/C45H60N4O11/c1-11-18-49-19-16-45(17-20-49)47-33-30-31-38(53)27(7)41-32(30)42(55)44(9,60-41)58-21-15-29(57-10)24(4)40(59-28(8)50)26(6)37(52)25(5)36(51)22(2)13-12-14-23(3)43(56)46-35(39(31)54)34(33)48-45/h12-15,21-22,24-26,29,36-37,40,51-54H,11,16-20H2,1-10H3,(H,46,56)/b13-12+,21-15+,23-14+/t22-,24+,25-,26-,29-,36+,37+,40+,44+/m1/s1. The van der Waals surface area contributed by atoms with E-state index in [9.17, 15) is 34.8 Å². The normalized spacial score (nSPS) is 32.9. The first-order valence-corrected chi connectivity index (χ1v) is 20.9. The van der Waals surface area contributed by atoms with Crippen molar-refractivity contribution in [2.24, 2.45) is 33.7 Å². The van der Waals surface area contributed by atoms with Crippen LogP contribution in [0.4, 0.5) is 5.69 Å². The van der Waals surface area contributed by atoms with Crippen molar-refractivity contribution in [1.29, 1.82) is 0 Å². The summed E-state index contributed by atoms with van der Waals surface area (Å²) in [5.74, 6) is -6.89. The second kappa shape index (κ2) is 17.3. The number of carbonyl (C=O) groups excluding carboxylic acids is 3. The Labute approximate surface area is 350 Å². The minimum absolute atomic E-state index is 0.0375. The van der Waals surface area contributed by atoms with E-state index in [0.717, 1.165) is 13.0 Å². The molecule has 15 heteroatoms. The van der Waals surface area contributed by atoms with Gasteiger partial charge in [-0.05, 0) is 32.9 Å². The number of aliphatic hydroxyl groups excluding tert-OH is 2. The lowest BCUT2D eigenvalue weighted by atomic mass is 9.78. The van der Waals surface area contributed by atoms with Crippen LogP contribution in [-0.4, -0.2) is 106 Å². The number of fused-ring (bicyclic) bond motifs is 1. The van der Waals surface area contributed by atoms with Crippen molar-refractivity contribution < 1.29 is 53.8 Å². The molecule has 1 spiro atoms. The SMILES string of the molecule is CCCN1CCC2(CC1)N=c1c3c(O)c4c(O)c(C)c5c(c4c1=N2)C(=O)[C@@](C)(O/C=C/[C@@H](OC)[C@H](C)[C@H](OC(C)=O)[C@H](C)[C@@H](O)[C@H](C)[C@@H](O)[C@H](C)/C=C/C=C(\C)C(=O)N3)O5. The number of methoxy groups -OCH3 is 1. The van der Waals surface area contributed by atoms with Gasteiger partial charge in [-0.25, -0.2) is 0 Å². The average molecular weight is 833 g/mol. The maximum atomic E-state index is 14.7. The van der Waals surface area contributed by atoms with Crippen LogP contribution in [0.1, 0.15) is 90.6 Å². The summed E-state index contributed by atoms with van der Waals surface area (Å²) in [4.78, 5) is 53.5. The zero-order valence-corrected chi connectivity index (χ0v) is 36.2. The molecule has 326 valence electrons. The molecule has 9 atom stereocenters. The van der Waals surface area contributed by atoms with Crippen LogP contribution in [0.5, 0.6) is 17.2 Å². The fraction of sp³-hybridized carbons (Fsp3) is 0.578. The number of esters is 1. The lowest BCUT2D eigenvalue weighted by molar-refractivity contribution is -0.160. The molecule has 4 aliphatic heterocycles. The van der Waals surface area contributed by atoms with E-state index in [4.69, 9.17) is 28.9 Å². The quantitative estimate of drug-likeness (QED) is 0.213. The van der Waals surface area contributed by atoms with Gasteiger partial charge in [0.25, 0.3) is 11.7 Å². The smallest absolute Gasteiger partial charge is 0.312 e. The number of rotatable bonds is 4. The van der Waals surface area contributed by atoms with Crippen LogP contribution >= 0.6 is 0 Å². The number of ether oxygens (including phenoxy) is 4. The third-order valence-electron chi connectivity index (χ3n) is 12.8. The number of aliphatic hydroxyl groups is 2. The number of Topliss-reactive ketones (excluding diaryl/α,β-unsaturated/α-hetero) is 1. The van der Waals surface area contributed by atoms with Gasteiger partial charge in [-0.1, -0.05) is 52.8 Å². The van der Waals surface area contributed by atoms with Crippen LogP contribution in [0.3, 0.4) is 0 Å². The molecule has 0 unspecified atom stereocenters. The van der Waals surface area contributed by atoms with E-state index in [2.05, 4.69) is 17.1 Å². The number of piperidine rings is 1.